The first-order chi connectivity index (χ1) is 17.9. The predicted molar refractivity (Wildman–Crippen MR) is 139 cm³/mol. The molecule has 37 heavy (non-hydrogen) atoms. The Bertz CT molecular complexity index is 1170. The molecule has 3 aromatic rings. The summed E-state index contributed by atoms with van der Waals surface area (Å²) in [6, 6.07) is 15.1. The fraction of sp³-hybridized carbons (Fsp3) is 0.419. The normalized spacial score (nSPS) is 18.4. The Morgan fingerprint density at radius 1 is 0.838 bits per heavy atom. The molecule has 0 heterocycles. The van der Waals surface area contributed by atoms with Gasteiger partial charge in [-0.2, -0.15) is 0 Å². The average molecular weight is 513 g/mol. The number of hydrogen-bond acceptors (Lipinski definition) is 3. The van der Waals surface area contributed by atoms with Crippen LogP contribution in [0.1, 0.15) is 69.4 Å². The third kappa shape index (κ3) is 6.48. The molecule has 1 N–H and O–H groups in total. The summed E-state index contributed by atoms with van der Waals surface area (Å²) in [5.74, 6) is -1.17. The Hall–Kier alpha value is -2.99. The molecule has 6 heteroatoms. The number of hydrogen-bond donors (Lipinski definition) is 1. The maximum Gasteiger partial charge on any atom is 0.165 e. The molecule has 1 aliphatic rings. The summed E-state index contributed by atoms with van der Waals surface area (Å²) in [5, 5.41) is 10.3. The Kier molecular flexibility index (Phi) is 9.14. The van der Waals surface area contributed by atoms with Crippen LogP contribution in [0, 0.1) is 23.4 Å². The minimum absolute atomic E-state index is 0.0328. The van der Waals surface area contributed by atoms with E-state index < -0.39 is 17.5 Å². The van der Waals surface area contributed by atoms with Gasteiger partial charge in [-0.05, 0) is 91.8 Å². The number of ether oxygens (including phenoxy) is 2. The highest BCUT2D eigenvalue weighted by molar-refractivity contribution is 5.65. The predicted octanol–water partition coefficient (Wildman–Crippen LogP) is 8.18. The van der Waals surface area contributed by atoms with Crippen LogP contribution >= 0.6 is 0 Å². The van der Waals surface area contributed by atoms with Gasteiger partial charge >= 0.3 is 0 Å². The molecule has 4 rings (SSSR count). The van der Waals surface area contributed by atoms with Gasteiger partial charge in [-0.25, -0.2) is 13.2 Å². The lowest BCUT2D eigenvalue weighted by Gasteiger charge is -2.32. The maximum atomic E-state index is 15.0. The van der Waals surface area contributed by atoms with Gasteiger partial charge < -0.3 is 14.6 Å². The molecule has 0 saturated heterocycles. The van der Waals surface area contributed by atoms with E-state index in [2.05, 4.69) is 6.92 Å². The smallest absolute Gasteiger partial charge is 0.165 e. The van der Waals surface area contributed by atoms with Crippen molar-refractivity contribution in [2.45, 2.75) is 71.0 Å². The van der Waals surface area contributed by atoms with E-state index in [-0.39, 0.29) is 35.9 Å². The lowest BCUT2D eigenvalue weighted by atomic mass is 9.76. The van der Waals surface area contributed by atoms with Crippen molar-refractivity contribution >= 4 is 0 Å². The third-order valence-corrected chi connectivity index (χ3v) is 7.35. The van der Waals surface area contributed by atoms with Crippen molar-refractivity contribution in [1.29, 1.82) is 0 Å². The van der Waals surface area contributed by atoms with Crippen LogP contribution in [0.25, 0.3) is 11.1 Å². The molecule has 0 aliphatic heterocycles. The number of rotatable bonds is 10. The van der Waals surface area contributed by atoms with Crippen LogP contribution in [0.5, 0.6) is 11.5 Å². The molecule has 0 bridgehead atoms. The molecule has 1 unspecified atom stereocenters. The van der Waals surface area contributed by atoms with Crippen molar-refractivity contribution in [3.8, 4) is 22.6 Å². The zero-order valence-electron chi connectivity index (χ0n) is 21.5. The largest absolute Gasteiger partial charge is 0.491 e. The second-order valence-electron chi connectivity index (χ2n) is 9.80. The molecule has 1 atom stereocenters. The number of benzene rings is 3. The third-order valence-electron chi connectivity index (χ3n) is 7.35. The minimum Gasteiger partial charge on any atom is -0.491 e. The Morgan fingerprint density at radius 3 is 2.19 bits per heavy atom. The second kappa shape index (κ2) is 12.5. The molecule has 0 spiro atoms. The summed E-state index contributed by atoms with van der Waals surface area (Å²) in [7, 11) is 0. The van der Waals surface area contributed by atoms with E-state index in [0.717, 1.165) is 44.1 Å². The fourth-order valence-corrected chi connectivity index (χ4v) is 5.24. The standard InChI is InChI=1S/C31H35F3O3/c1-3-5-28(35)22-8-6-21(7-9-22)26-16-12-24(30(33)31(26)34)19-37-25-14-10-20(11-15-25)23-13-17-29(36-4-2)27(32)18-23/h10-18,21-22,28,35H,3-9,19H2,1-2H3. The van der Waals surface area contributed by atoms with Gasteiger partial charge in [-0.1, -0.05) is 43.7 Å². The van der Waals surface area contributed by atoms with E-state index >= 15 is 0 Å². The second-order valence-corrected chi connectivity index (χ2v) is 9.80. The minimum atomic E-state index is -0.868. The number of aliphatic hydroxyl groups excluding tert-OH is 1. The number of halogens is 3. The quantitative estimate of drug-likeness (QED) is 0.298. The summed E-state index contributed by atoms with van der Waals surface area (Å²) >= 11 is 0. The highest BCUT2D eigenvalue weighted by atomic mass is 19.2. The van der Waals surface area contributed by atoms with Gasteiger partial charge in [0.25, 0.3) is 0 Å². The highest BCUT2D eigenvalue weighted by Crippen LogP contribution is 2.39. The molecule has 0 aromatic heterocycles. The zero-order chi connectivity index (χ0) is 26.4. The topological polar surface area (TPSA) is 38.7 Å². The molecule has 1 aliphatic carbocycles. The van der Waals surface area contributed by atoms with E-state index in [1.807, 2.05) is 0 Å². The lowest BCUT2D eigenvalue weighted by Crippen LogP contribution is -2.25. The highest BCUT2D eigenvalue weighted by Gasteiger charge is 2.29. The number of aliphatic hydroxyl groups is 1. The summed E-state index contributed by atoms with van der Waals surface area (Å²) in [6.45, 7) is 4.14. The summed E-state index contributed by atoms with van der Waals surface area (Å²) < 4.78 is 55.0. The van der Waals surface area contributed by atoms with Crippen LogP contribution in [-0.2, 0) is 6.61 Å². The first kappa shape index (κ1) is 27.1. The maximum absolute atomic E-state index is 15.0. The summed E-state index contributed by atoms with van der Waals surface area (Å²) in [4.78, 5) is 0. The monoisotopic (exact) mass is 512 g/mol. The van der Waals surface area contributed by atoms with E-state index in [9.17, 15) is 18.3 Å². The average Bonchev–Trinajstić information content (AvgIpc) is 2.91. The Labute approximate surface area is 217 Å². The van der Waals surface area contributed by atoms with E-state index in [1.54, 1.807) is 55.5 Å². The van der Waals surface area contributed by atoms with Crippen molar-refractivity contribution < 1.29 is 27.8 Å². The Balaban J connectivity index is 1.36. The lowest BCUT2D eigenvalue weighted by molar-refractivity contribution is 0.0727. The van der Waals surface area contributed by atoms with Crippen LogP contribution in [0.4, 0.5) is 13.2 Å². The van der Waals surface area contributed by atoms with Gasteiger partial charge in [0.15, 0.2) is 23.2 Å². The van der Waals surface area contributed by atoms with Crippen molar-refractivity contribution in [2.24, 2.45) is 5.92 Å². The summed E-state index contributed by atoms with van der Waals surface area (Å²) in [6.07, 6.45) is 4.59. The van der Waals surface area contributed by atoms with Crippen LogP contribution in [0.15, 0.2) is 54.6 Å². The van der Waals surface area contributed by atoms with Crippen molar-refractivity contribution in [3.63, 3.8) is 0 Å². The van der Waals surface area contributed by atoms with E-state index in [1.165, 1.54) is 6.07 Å². The Morgan fingerprint density at radius 2 is 1.54 bits per heavy atom. The van der Waals surface area contributed by atoms with Crippen molar-refractivity contribution in [2.75, 3.05) is 6.61 Å². The van der Waals surface area contributed by atoms with Crippen LogP contribution in [-0.4, -0.2) is 17.8 Å². The van der Waals surface area contributed by atoms with Crippen molar-refractivity contribution in [1.82, 2.24) is 0 Å². The molecule has 1 saturated carbocycles. The zero-order valence-corrected chi connectivity index (χ0v) is 21.5. The van der Waals surface area contributed by atoms with Gasteiger partial charge in [-0.3, -0.25) is 0 Å². The van der Waals surface area contributed by atoms with Crippen LogP contribution in [0.2, 0.25) is 0 Å². The molecule has 3 aromatic carbocycles. The summed E-state index contributed by atoms with van der Waals surface area (Å²) in [5.41, 5.74) is 2.07. The molecule has 0 radical (unpaired) electrons. The molecule has 0 amide bonds. The van der Waals surface area contributed by atoms with Gasteiger partial charge in [-0.15, -0.1) is 0 Å². The molecular weight excluding hydrogens is 477 g/mol. The fourth-order valence-electron chi connectivity index (χ4n) is 5.24. The molecule has 198 valence electrons. The van der Waals surface area contributed by atoms with Gasteiger partial charge in [0.2, 0.25) is 0 Å². The molecular formula is C31H35F3O3. The molecule has 3 nitrogen and oxygen atoms in total. The van der Waals surface area contributed by atoms with Gasteiger partial charge in [0, 0.05) is 5.56 Å². The van der Waals surface area contributed by atoms with Crippen molar-refractivity contribution in [3.05, 3.63) is 83.2 Å². The van der Waals surface area contributed by atoms with Gasteiger partial charge in [0.05, 0.1) is 12.7 Å². The first-order valence-corrected chi connectivity index (χ1v) is 13.2. The van der Waals surface area contributed by atoms with Gasteiger partial charge in [0.1, 0.15) is 12.4 Å². The molecule has 1 fully saturated rings. The van der Waals surface area contributed by atoms with Crippen LogP contribution in [0.3, 0.4) is 0 Å². The first-order valence-electron chi connectivity index (χ1n) is 13.2. The SMILES string of the molecule is CCCC(O)C1CCC(c2ccc(COc3ccc(-c4ccc(OCC)c(F)c4)cc3)c(F)c2F)CC1. The van der Waals surface area contributed by atoms with Crippen LogP contribution < -0.4 is 9.47 Å². The van der Waals surface area contributed by atoms with E-state index in [0.29, 0.717) is 23.5 Å². The van der Waals surface area contributed by atoms with E-state index in [4.69, 9.17) is 9.47 Å².